The van der Waals surface area contributed by atoms with Crippen molar-refractivity contribution in [2.45, 2.75) is 0 Å². The minimum atomic E-state index is -0.730. The second kappa shape index (κ2) is 8.91. The summed E-state index contributed by atoms with van der Waals surface area (Å²) in [4.78, 5) is 26.0. The fourth-order valence-corrected chi connectivity index (χ4v) is 1.17. The Morgan fingerprint density at radius 1 is 1.06 bits per heavy atom. The first-order valence-corrected chi connectivity index (χ1v) is 5.46. The fraction of sp³-hybridized carbons (Fsp3) is 0.800. The van der Waals surface area contributed by atoms with Gasteiger partial charge in [0.2, 0.25) is 0 Å². The Kier molecular flexibility index (Phi) is 8.29. The lowest BCUT2D eigenvalue weighted by molar-refractivity contribution is -0.146. The van der Waals surface area contributed by atoms with E-state index in [2.05, 4.69) is 5.32 Å². The van der Waals surface area contributed by atoms with E-state index in [1.807, 2.05) is 19.0 Å². The largest absolute Gasteiger partial charge is 0.395 e. The maximum absolute atomic E-state index is 11.6. The monoisotopic (exact) mass is 247 g/mol. The number of nitrogens with zero attached hydrogens (tertiary/aromatic N) is 2. The Hall–Kier alpha value is -1.18. The number of hydrogen-bond donors (Lipinski definition) is 3. The van der Waals surface area contributed by atoms with E-state index in [-0.39, 0.29) is 26.3 Å². The number of amides is 2. The lowest BCUT2D eigenvalue weighted by Crippen LogP contribution is -2.46. The molecule has 0 spiro atoms. The van der Waals surface area contributed by atoms with Gasteiger partial charge >= 0.3 is 11.8 Å². The summed E-state index contributed by atoms with van der Waals surface area (Å²) >= 11 is 0. The van der Waals surface area contributed by atoms with E-state index in [9.17, 15) is 9.59 Å². The SMILES string of the molecule is CN(C)CCNC(=O)C(=O)N(CCO)CCO. The number of nitrogens with one attached hydrogen (secondary N) is 1. The average molecular weight is 247 g/mol. The van der Waals surface area contributed by atoms with Crippen LogP contribution in [0.25, 0.3) is 0 Å². The third-order valence-corrected chi connectivity index (χ3v) is 2.07. The molecule has 0 aromatic carbocycles. The Morgan fingerprint density at radius 2 is 1.59 bits per heavy atom. The van der Waals surface area contributed by atoms with Gasteiger partial charge in [-0.25, -0.2) is 0 Å². The molecule has 0 bridgehead atoms. The summed E-state index contributed by atoms with van der Waals surface area (Å²) in [6.45, 7) is 0.622. The Labute approximate surface area is 101 Å². The summed E-state index contributed by atoms with van der Waals surface area (Å²) in [5.74, 6) is -1.44. The minimum absolute atomic E-state index is 0.0422. The van der Waals surface area contributed by atoms with Crippen molar-refractivity contribution in [1.82, 2.24) is 15.1 Å². The third-order valence-electron chi connectivity index (χ3n) is 2.07. The van der Waals surface area contributed by atoms with Crippen LogP contribution in [0.5, 0.6) is 0 Å². The Bertz CT molecular complexity index is 240. The summed E-state index contributed by atoms with van der Waals surface area (Å²) in [7, 11) is 3.72. The van der Waals surface area contributed by atoms with Crippen LogP contribution in [0.15, 0.2) is 0 Å². The van der Waals surface area contributed by atoms with Crippen LogP contribution in [-0.2, 0) is 9.59 Å². The molecule has 0 radical (unpaired) electrons. The topological polar surface area (TPSA) is 93.1 Å². The first-order chi connectivity index (χ1) is 8.02. The quantitative estimate of drug-likeness (QED) is 0.432. The number of aliphatic hydroxyl groups is 2. The minimum Gasteiger partial charge on any atom is -0.395 e. The van der Waals surface area contributed by atoms with Gasteiger partial charge in [0.25, 0.3) is 0 Å². The highest BCUT2D eigenvalue weighted by Gasteiger charge is 2.20. The summed E-state index contributed by atoms with van der Waals surface area (Å²) in [6, 6.07) is 0. The van der Waals surface area contributed by atoms with Crippen molar-refractivity contribution in [3.63, 3.8) is 0 Å². The highest BCUT2D eigenvalue weighted by Crippen LogP contribution is 1.89. The van der Waals surface area contributed by atoms with E-state index in [0.717, 1.165) is 4.90 Å². The van der Waals surface area contributed by atoms with E-state index in [1.165, 1.54) is 0 Å². The molecule has 0 atom stereocenters. The standard InChI is InChI=1S/C10H21N3O4/c1-12(2)4-3-11-9(16)10(17)13(5-7-14)6-8-15/h14-15H,3-8H2,1-2H3,(H,11,16). The molecule has 7 nitrogen and oxygen atoms in total. The van der Waals surface area contributed by atoms with Crippen molar-refractivity contribution < 1.29 is 19.8 Å². The highest BCUT2D eigenvalue weighted by molar-refractivity contribution is 6.35. The zero-order chi connectivity index (χ0) is 13.3. The number of carbonyl (C=O) groups is 2. The summed E-state index contributed by atoms with van der Waals surface area (Å²) in [5.41, 5.74) is 0. The molecule has 3 N–H and O–H groups in total. The lowest BCUT2D eigenvalue weighted by Gasteiger charge is -2.20. The number of aliphatic hydroxyl groups excluding tert-OH is 2. The predicted octanol–water partition coefficient (Wildman–Crippen LogP) is -2.52. The molecule has 0 aromatic heterocycles. The molecular weight excluding hydrogens is 226 g/mol. The molecule has 0 fully saturated rings. The number of likely N-dealkylation sites (N-methyl/N-ethyl adjacent to an activating group) is 1. The Balaban J connectivity index is 4.11. The van der Waals surface area contributed by atoms with Gasteiger partial charge in [-0.05, 0) is 14.1 Å². The van der Waals surface area contributed by atoms with Crippen LogP contribution in [0.1, 0.15) is 0 Å². The number of hydrogen-bond acceptors (Lipinski definition) is 5. The molecule has 7 heteroatoms. The van der Waals surface area contributed by atoms with Crippen molar-refractivity contribution in [1.29, 1.82) is 0 Å². The zero-order valence-electron chi connectivity index (χ0n) is 10.3. The van der Waals surface area contributed by atoms with Crippen molar-refractivity contribution in [3.8, 4) is 0 Å². The summed E-state index contributed by atoms with van der Waals surface area (Å²) in [5, 5.41) is 19.9. The van der Waals surface area contributed by atoms with Gasteiger partial charge < -0.3 is 25.3 Å². The molecule has 0 saturated heterocycles. The molecule has 100 valence electrons. The maximum atomic E-state index is 11.6. The normalized spacial score (nSPS) is 10.4. The fourth-order valence-electron chi connectivity index (χ4n) is 1.17. The van der Waals surface area contributed by atoms with E-state index < -0.39 is 11.8 Å². The van der Waals surface area contributed by atoms with Crippen molar-refractivity contribution in [2.75, 3.05) is 53.5 Å². The van der Waals surface area contributed by atoms with Crippen molar-refractivity contribution in [2.24, 2.45) is 0 Å². The molecular formula is C10H21N3O4. The van der Waals surface area contributed by atoms with Gasteiger partial charge in [-0.3, -0.25) is 9.59 Å². The molecule has 0 heterocycles. The lowest BCUT2D eigenvalue weighted by atomic mass is 10.4. The van der Waals surface area contributed by atoms with Crippen LogP contribution in [0.3, 0.4) is 0 Å². The number of carbonyl (C=O) groups excluding carboxylic acids is 2. The van der Waals surface area contributed by atoms with E-state index in [4.69, 9.17) is 10.2 Å². The highest BCUT2D eigenvalue weighted by atomic mass is 16.3. The molecule has 0 saturated carbocycles. The van der Waals surface area contributed by atoms with Crippen LogP contribution in [-0.4, -0.2) is 85.3 Å². The molecule has 2 amide bonds. The van der Waals surface area contributed by atoms with Gasteiger partial charge in [0.1, 0.15) is 0 Å². The summed E-state index contributed by atoms with van der Waals surface area (Å²) < 4.78 is 0. The number of rotatable bonds is 7. The zero-order valence-corrected chi connectivity index (χ0v) is 10.3. The van der Waals surface area contributed by atoms with E-state index in [0.29, 0.717) is 13.1 Å². The smallest absolute Gasteiger partial charge is 0.312 e. The van der Waals surface area contributed by atoms with Gasteiger partial charge in [-0.1, -0.05) is 0 Å². The van der Waals surface area contributed by atoms with Gasteiger partial charge in [-0.15, -0.1) is 0 Å². The second-order valence-electron chi connectivity index (χ2n) is 3.80. The molecule has 0 aromatic rings. The van der Waals surface area contributed by atoms with Crippen LogP contribution < -0.4 is 5.32 Å². The first kappa shape index (κ1) is 15.8. The van der Waals surface area contributed by atoms with Crippen LogP contribution in [0.2, 0.25) is 0 Å². The van der Waals surface area contributed by atoms with Gasteiger partial charge in [0.05, 0.1) is 13.2 Å². The first-order valence-electron chi connectivity index (χ1n) is 5.46. The van der Waals surface area contributed by atoms with E-state index >= 15 is 0 Å². The molecule has 0 rings (SSSR count). The van der Waals surface area contributed by atoms with Gasteiger partial charge in [-0.2, -0.15) is 0 Å². The van der Waals surface area contributed by atoms with Crippen molar-refractivity contribution in [3.05, 3.63) is 0 Å². The molecule has 0 aliphatic heterocycles. The van der Waals surface area contributed by atoms with Crippen LogP contribution in [0.4, 0.5) is 0 Å². The average Bonchev–Trinajstić information content (AvgIpc) is 2.27. The molecule has 0 unspecified atom stereocenters. The van der Waals surface area contributed by atoms with Gasteiger partial charge in [0, 0.05) is 26.2 Å². The second-order valence-corrected chi connectivity index (χ2v) is 3.80. The van der Waals surface area contributed by atoms with Gasteiger partial charge in [0.15, 0.2) is 0 Å². The Morgan fingerprint density at radius 3 is 2.00 bits per heavy atom. The van der Waals surface area contributed by atoms with E-state index in [1.54, 1.807) is 0 Å². The van der Waals surface area contributed by atoms with Crippen LogP contribution >= 0.6 is 0 Å². The molecule has 17 heavy (non-hydrogen) atoms. The summed E-state index contributed by atoms with van der Waals surface area (Å²) in [6.07, 6.45) is 0. The molecule has 0 aliphatic rings. The maximum Gasteiger partial charge on any atom is 0.312 e. The van der Waals surface area contributed by atoms with Crippen LogP contribution in [0, 0.1) is 0 Å². The van der Waals surface area contributed by atoms with Crippen molar-refractivity contribution >= 4 is 11.8 Å². The predicted molar refractivity (Wildman–Crippen MR) is 62.3 cm³/mol. The third kappa shape index (κ3) is 6.88. The molecule has 0 aliphatic carbocycles.